The summed E-state index contributed by atoms with van der Waals surface area (Å²) in [4.78, 5) is 2.37. The predicted octanol–water partition coefficient (Wildman–Crippen LogP) is 5.45. The minimum absolute atomic E-state index is 0.249. The molecule has 1 saturated heterocycles. The van der Waals surface area contributed by atoms with Crippen LogP contribution in [0.1, 0.15) is 29.5 Å². The Morgan fingerprint density at radius 3 is 2.48 bits per heavy atom. The highest BCUT2D eigenvalue weighted by Gasteiger charge is 2.32. The summed E-state index contributed by atoms with van der Waals surface area (Å²) < 4.78 is 44.9. The van der Waals surface area contributed by atoms with Crippen molar-refractivity contribution in [1.29, 1.82) is 0 Å². The summed E-state index contributed by atoms with van der Waals surface area (Å²) in [7, 11) is 0. The van der Waals surface area contributed by atoms with Crippen LogP contribution in [0.2, 0.25) is 0 Å². The highest BCUT2D eigenvalue weighted by Crippen LogP contribution is 2.41. The van der Waals surface area contributed by atoms with Gasteiger partial charge in [0.15, 0.2) is 0 Å². The molecule has 25 heavy (non-hydrogen) atoms. The Morgan fingerprint density at radius 2 is 1.72 bits per heavy atom. The van der Waals surface area contributed by atoms with E-state index in [1.807, 2.05) is 30.3 Å². The van der Waals surface area contributed by atoms with Crippen LogP contribution in [0, 0.1) is 0 Å². The fourth-order valence-corrected chi connectivity index (χ4v) is 3.44. The number of rotatable bonds is 2. The molecule has 2 aromatic carbocycles. The summed E-state index contributed by atoms with van der Waals surface area (Å²) in [6, 6.07) is 11.2. The van der Waals surface area contributed by atoms with Crippen LogP contribution >= 0.6 is 0 Å². The lowest BCUT2D eigenvalue weighted by atomic mass is 10.0. The summed E-state index contributed by atoms with van der Waals surface area (Å²) in [6.45, 7) is 2.89. The average Bonchev–Trinajstić information content (AvgIpc) is 3.02. The lowest BCUT2D eigenvalue weighted by molar-refractivity contribution is -0.137. The molecule has 0 radical (unpaired) electrons. The third-order valence-corrected chi connectivity index (χ3v) is 4.72. The third kappa shape index (κ3) is 3.29. The summed E-state index contributed by atoms with van der Waals surface area (Å²) in [5, 5.41) is 0. The molecular formula is C20H18F3NO. The minimum atomic E-state index is -4.38. The molecule has 0 N–H and O–H groups in total. The van der Waals surface area contributed by atoms with Crippen molar-refractivity contribution in [3.63, 3.8) is 0 Å². The van der Waals surface area contributed by atoms with E-state index in [2.05, 4.69) is 4.90 Å². The lowest BCUT2D eigenvalue weighted by Crippen LogP contribution is -2.21. The fraction of sp³-hybridized carbons (Fsp3) is 0.300. The number of benzene rings is 2. The first-order valence-electron chi connectivity index (χ1n) is 8.42. The molecule has 5 heteroatoms. The van der Waals surface area contributed by atoms with Crippen molar-refractivity contribution < 1.29 is 17.9 Å². The number of halogens is 3. The average molecular weight is 345 g/mol. The lowest BCUT2D eigenvalue weighted by Gasteiger charge is -2.18. The maximum Gasteiger partial charge on any atom is 0.416 e. The summed E-state index contributed by atoms with van der Waals surface area (Å²) in [5.41, 5.74) is 2.01. The standard InChI is InChI=1S/C20H18F3NO/c21-20(22,23)16-8-7-14-11-15(13-24-9-3-4-10-24)17-5-1-2-6-18(17)25-19(14)12-16/h1-2,5-8,11-12H,3-4,9-10,13H2. The molecule has 2 aromatic rings. The molecule has 0 spiro atoms. The monoisotopic (exact) mass is 345 g/mol. The normalized spacial score (nSPS) is 17.3. The molecule has 0 aliphatic carbocycles. The quantitative estimate of drug-likeness (QED) is 0.718. The van der Waals surface area contributed by atoms with Gasteiger partial charge in [-0.1, -0.05) is 24.3 Å². The third-order valence-electron chi connectivity index (χ3n) is 4.72. The van der Waals surface area contributed by atoms with Crippen molar-refractivity contribution in [2.45, 2.75) is 19.0 Å². The van der Waals surface area contributed by atoms with Gasteiger partial charge >= 0.3 is 6.18 Å². The molecule has 130 valence electrons. The van der Waals surface area contributed by atoms with Gasteiger partial charge in [-0.3, -0.25) is 4.90 Å². The predicted molar refractivity (Wildman–Crippen MR) is 91.5 cm³/mol. The molecule has 0 bridgehead atoms. The maximum atomic E-state index is 13.0. The van der Waals surface area contributed by atoms with Crippen LogP contribution in [-0.2, 0) is 6.18 Å². The van der Waals surface area contributed by atoms with E-state index in [1.165, 1.54) is 18.9 Å². The molecule has 1 fully saturated rings. The van der Waals surface area contributed by atoms with Crippen molar-refractivity contribution in [3.05, 3.63) is 59.2 Å². The second kappa shape index (κ2) is 6.23. The Labute approximate surface area is 144 Å². The highest BCUT2D eigenvalue weighted by molar-refractivity contribution is 5.88. The second-order valence-corrected chi connectivity index (χ2v) is 6.50. The number of alkyl halides is 3. The fourth-order valence-electron chi connectivity index (χ4n) is 3.44. The van der Waals surface area contributed by atoms with Crippen molar-refractivity contribution in [3.8, 4) is 11.5 Å². The zero-order valence-electron chi connectivity index (χ0n) is 13.6. The molecule has 0 amide bonds. The molecule has 2 nitrogen and oxygen atoms in total. The first-order chi connectivity index (χ1) is 12.0. The zero-order chi connectivity index (χ0) is 17.4. The summed E-state index contributed by atoms with van der Waals surface area (Å²) in [5.74, 6) is 0.852. The largest absolute Gasteiger partial charge is 0.456 e. The van der Waals surface area contributed by atoms with Crippen LogP contribution in [0.15, 0.2) is 42.5 Å². The molecule has 2 heterocycles. The number of likely N-dealkylation sites (tertiary alicyclic amines) is 1. The van der Waals surface area contributed by atoms with Crippen molar-refractivity contribution in [2.75, 3.05) is 19.6 Å². The topological polar surface area (TPSA) is 12.5 Å². The number of nitrogens with zero attached hydrogens (tertiary/aromatic N) is 1. The number of hydrogen-bond acceptors (Lipinski definition) is 2. The zero-order valence-corrected chi connectivity index (χ0v) is 13.6. The molecule has 2 aliphatic rings. The first-order valence-corrected chi connectivity index (χ1v) is 8.42. The van der Waals surface area contributed by atoms with E-state index in [4.69, 9.17) is 4.74 Å². The van der Waals surface area contributed by atoms with E-state index in [0.717, 1.165) is 42.9 Å². The Bertz CT molecular complexity index is 820. The summed E-state index contributed by atoms with van der Waals surface area (Å²) >= 11 is 0. The van der Waals surface area contributed by atoms with E-state index >= 15 is 0 Å². The van der Waals surface area contributed by atoms with Gasteiger partial charge < -0.3 is 4.74 Å². The first kappa shape index (κ1) is 16.2. The van der Waals surface area contributed by atoms with Gasteiger partial charge in [0, 0.05) is 17.7 Å². The number of ether oxygens (including phenoxy) is 1. The van der Waals surface area contributed by atoms with Crippen molar-refractivity contribution >= 4 is 11.6 Å². The molecule has 2 aliphatic heterocycles. The van der Waals surface area contributed by atoms with E-state index < -0.39 is 11.7 Å². The number of fused-ring (bicyclic) bond motifs is 2. The summed E-state index contributed by atoms with van der Waals surface area (Å²) in [6.07, 6.45) is -0.0418. The van der Waals surface area contributed by atoms with E-state index in [9.17, 15) is 13.2 Å². The van der Waals surface area contributed by atoms with Gasteiger partial charge in [-0.25, -0.2) is 0 Å². The molecule has 0 unspecified atom stereocenters. The Kier molecular flexibility index (Phi) is 4.04. The van der Waals surface area contributed by atoms with Gasteiger partial charge in [0.2, 0.25) is 0 Å². The van der Waals surface area contributed by atoms with Gasteiger partial charge in [0.25, 0.3) is 0 Å². The van der Waals surface area contributed by atoms with Crippen LogP contribution in [0.5, 0.6) is 11.5 Å². The van der Waals surface area contributed by atoms with Crippen LogP contribution in [0.3, 0.4) is 0 Å². The van der Waals surface area contributed by atoms with Gasteiger partial charge in [-0.2, -0.15) is 13.2 Å². The molecule has 0 aromatic heterocycles. The van der Waals surface area contributed by atoms with E-state index in [0.29, 0.717) is 11.3 Å². The molecular weight excluding hydrogens is 327 g/mol. The van der Waals surface area contributed by atoms with E-state index in [1.54, 1.807) is 0 Å². The highest BCUT2D eigenvalue weighted by atomic mass is 19.4. The van der Waals surface area contributed by atoms with E-state index in [-0.39, 0.29) is 5.75 Å². The molecule has 0 atom stereocenters. The van der Waals surface area contributed by atoms with Gasteiger partial charge in [-0.15, -0.1) is 0 Å². The minimum Gasteiger partial charge on any atom is -0.456 e. The smallest absolute Gasteiger partial charge is 0.416 e. The van der Waals surface area contributed by atoms with Crippen molar-refractivity contribution in [1.82, 2.24) is 4.90 Å². The number of hydrogen-bond donors (Lipinski definition) is 0. The van der Waals surface area contributed by atoms with Crippen LogP contribution < -0.4 is 4.74 Å². The van der Waals surface area contributed by atoms with Crippen LogP contribution in [-0.4, -0.2) is 24.5 Å². The van der Waals surface area contributed by atoms with Crippen molar-refractivity contribution in [2.24, 2.45) is 0 Å². The Hall–Kier alpha value is -2.27. The molecule has 0 saturated carbocycles. The van der Waals surface area contributed by atoms with Gasteiger partial charge in [-0.05, 0) is 55.8 Å². The Morgan fingerprint density at radius 1 is 0.960 bits per heavy atom. The SMILES string of the molecule is FC(F)(F)c1ccc2c(c1)Oc1ccccc1C(CN1CCCC1)=C2. The van der Waals surface area contributed by atoms with Crippen LogP contribution in [0.4, 0.5) is 13.2 Å². The second-order valence-electron chi connectivity index (χ2n) is 6.50. The van der Waals surface area contributed by atoms with Gasteiger partial charge in [0.1, 0.15) is 11.5 Å². The number of para-hydroxylation sites is 1. The van der Waals surface area contributed by atoms with Gasteiger partial charge in [0.05, 0.1) is 5.56 Å². The van der Waals surface area contributed by atoms with Crippen LogP contribution in [0.25, 0.3) is 11.6 Å². The maximum absolute atomic E-state index is 13.0. The molecule has 4 rings (SSSR count). The Balaban J connectivity index is 1.78.